The van der Waals surface area contributed by atoms with Crippen molar-refractivity contribution in [1.82, 2.24) is 4.98 Å². The predicted molar refractivity (Wildman–Crippen MR) is 55.4 cm³/mol. The van der Waals surface area contributed by atoms with Gasteiger partial charge in [-0.1, -0.05) is 0 Å². The summed E-state index contributed by atoms with van der Waals surface area (Å²) in [4.78, 5) is 14.3. The highest BCUT2D eigenvalue weighted by molar-refractivity contribution is 14.1. The first-order valence-corrected chi connectivity index (χ1v) is 4.80. The molecular weight excluding hydrogens is 323 g/mol. The number of halogens is 3. The van der Waals surface area contributed by atoms with Crippen molar-refractivity contribution in [3.8, 4) is 5.88 Å². The molecule has 0 radical (unpaired) electrons. The highest BCUT2D eigenvalue weighted by Crippen LogP contribution is 2.32. The summed E-state index contributed by atoms with van der Waals surface area (Å²) in [6.07, 6.45) is -2.01. The van der Waals surface area contributed by atoms with E-state index in [1.807, 2.05) is 0 Å². The molecule has 15 heavy (non-hydrogen) atoms. The van der Waals surface area contributed by atoms with Crippen LogP contribution in [0.3, 0.4) is 0 Å². The number of nitrogens with zero attached hydrogens (tertiary/aromatic N) is 1. The summed E-state index contributed by atoms with van der Waals surface area (Å²) in [5.74, 6) is -1.44. The molecule has 0 aliphatic rings. The Hall–Kier alpha value is -0.990. The van der Waals surface area contributed by atoms with E-state index in [4.69, 9.17) is 9.84 Å². The van der Waals surface area contributed by atoms with E-state index >= 15 is 0 Å². The minimum absolute atomic E-state index is 0.00380. The third-order valence-electron chi connectivity index (χ3n) is 1.67. The molecule has 1 heterocycles. The van der Waals surface area contributed by atoms with Crippen molar-refractivity contribution in [2.24, 2.45) is 0 Å². The summed E-state index contributed by atoms with van der Waals surface area (Å²) < 4.78 is 30.0. The first kappa shape index (κ1) is 12.1. The van der Waals surface area contributed by atoms with Crippen molar-refractivity contribution in [3.05, 3.63) is 20.9 Å². The van der Waals surface area contributed by atoms with Crippen molar-refractivity contribution in [2.45, 2.75) is 6.43 Å². The molecule has 0 fully saturated rings. The van der Waals surface area contributed by atoms with Gasteiger partial charge in [-0.3, -0.25) is 0 Å². The lowest BCUT2D eigenvalue weighted by Crippen LogP contribution is -2.08. The number of carboxylic acids is 1. The average molecular weight is 329 g/mol. The molecule has 0 saturated carbocycles. The Balaban J connectivity index is 3.44. The molecular formula is C8H6F2INO3. The molecule has 4 nitrogen and oxygen atoms in total. The minimum atomic E-state index is -2.88. The molecule has 0 spiro atoms. The maximum atomic E-state index is 12.6. The first-order valence-electron chi connectivity index (χ1n) is 3.72. The van der Waals surface area contributed by atoms with Crippen molar-refractivity contribution in [1.29, 1.82) is 0 Å². The van der Waals surface area contributed by atoms with Crippen LogP contribution in [0.15, 0.2) is 6.20 Å². The van der Waals surface area contributed by atoms with Crippen LogP contribution in [0, 0.1) is 3.57 Å². The van der Waals surface area contributed by atoms with E-state index in [-0.39, 0.29) is 9.45 Å². The molecule has 0 bridgehead atoms. The second-order valence-corrected chi connectivity index (χ2v) is 3.59. The van der Waals surface area contributed by atoms with Gasteiger partial charge < -0.3 is 9.84 Å². The molecule has 1 rings (SSSR count). The summed E-state index contributed by atoms with van der Waals surface area (Å²) in [6.45, 7) is 0. The van der Waals surface area contributed by atoms with Crippen LogP contribution < -0.4 is 4.74 Å². The van der Waals surface area contributed by atoms with Crippen molar-refractivity contribution >= 4 is 28.6 Å². The fourth-order valence-corrected chi connectivity index (χ4v) is 1.89. The van der Waals surface area contributed by atoms with Crippen LogP contribution in [0.2, 0.25) is 0 Å². The maximum Gasteiger partial charge on any atom is 0.337 e. The molecule has 0 aromatic carbocycles. The molecule has 0 atom stereocenters. The number of aromatic carboxylic acids is 1. The fraction of sp³-hybridized carbons (Fsp3) is 0.250. The van der Waals surface area contributed by atoms with Gasteiger partial charge in [0.2, 0.25) is 5.88 Å². The van der Waals surface area contributed by atoms with Crippen LogP contribution in [0.4, 0.5) is 8.78 Å². The standard InChI is InChI=1S/C8H6F2INO3/c1-15-7-5(11)4(6(9)10)3(2-12-7)8(13)14/h2,6H,1H3,(H,13,14). The van der Waals surface area contributed by atoms with E-state index in [0.717, 1.165) is 6.20 Å². The molecule has 0 amide bonds. The van der Waals surface area contributed by atoms with E-state index in [2.05, 4.69) is 4.98 Å². The lowest BCUT2D eigenvalue weighted by atomic mass is 10.1. The van der Waals surface area contributed by atoms with Crippen molar-refractivity contribution in [3.63, 3.8) is 0 Å². The molecule has 7 heteroatoms. The number of rotatable bonds is 3. The molecule has 0 aliphatic heterocycles. The number of aromatic nitrogens is 1. The Morgan fingerprint density at radius 2 is 2.27 bits per heavy atom. The van der Waals surface area contributed by atoms with Gasteiger partial charge in [0, 0.05) is 6.20 Å². The number of carbonyl (C=O) groups is 1. The lowest BCUT2D eigenvalue weighted by molar-refractivity contribution is 0.0683. The smallest absolute Gasteiger partial charge is 0.337 e. The van der Waals surface area contributed by atoms with Crippen LogP contribution >= 0.6 is 22.6 Å². The maximum absolute atomic E-state index is 12.6. The normalized spacial score (nSPS) is 10.5. The molecule has 0 aliphatic carbocycles. The van der Waals surface area contributed by atoms with Gasteiger partial charge >= 0.3 is 5.97 Å². The van der Waals surface area contributed by atoms with Gasteiger partial charge in [-0.25, -0.2) is 18.6 Å². The number of methoxy groups -OCH3 is 1. The van der Waals surface area contributed by atoms with E-state index in [1.165, 1.54) is 7.11 Å². The van der Waals surface area contributed by atoms with Crippen molar-refractivity contribution in [2.75, 3.05) is 7.11 Å². The van der Waals surface area contributed by atoms with Gasteiger partial charge in [-0.05, 0) is 22.6 Å². The Morgan fingerprint density at radius 1 is 1.67 bits per heavy atom. The molecule has 0 saturated heterocycles. The number of ether oxygens (including phenoxy) is 1. The summed E-state index contributed by atoms with van der Waals surface area (Å²) in [5.41, 5.74) is -1.06. The van der Waals surface area contributed by atoms with Crippen LogP contribution in [-0.2, 0) is 0 Å². The zero-order valence-electron chi connectivity index (χ0n) is 7.50. The number of hydrogen-bond donors (Lipinski definition) is 1. The van der Waals surface area contributed by atoms with Gasteiger partial charge in [0.15, 0.2) is 0 Å². The van der Waals surface area contributed by atoms with Crippen LogP contribution in [-0.4, -0.2) is 23.2 Å². The second-order valence-electron chi connectivity index (χ2n) is 2.51. The Morgan fingerprint density at radius 3 is 2.67 bits per heavy atom. The third kappa shape index (κ3) is 2.33. The molecule has 0 unspecified atom stereocenters. The van der Waals surface area contributed by atoms with E-state index in [9.17, 15) is 13.6 Å². The monoisotopic (exact) mass is 329 g/mol. The summed E-state index contributed by atoms with van der Waals surface area (Å²) in [5, 5.41) is 8.69. The quantitative estimate of drug-likeness (QED) is 0.865. The zero-order chi connectivity index (χ0) is 11.6. The zero-order valence-corrected chi connectivity index (χ0v) is 9.66. The number of pyridine rings is 1. The van der Waals surface area contributed by atoms with Gasteiger partial charge in [0.1, 0.15) is 0 Å². The Kier molecular flexibility index (Phi) is 3.77. The van der Waals surface area contributed by atoms with Gasteiger partial charge in [-0.2, -0.15) is 0 Å². The average Bonchev–Trinajstić information content (AvgIpc) is 2.16. The SMILES string of the molecule is COc1ncc(C(=O)O)c(C(F)F)c1I. The van der Waals surface area contributed by atoms with Crippen molar-refractivity contribution < 1.29 is 23.4 Å². The first-order chi connectivity index (χ1) is 6.99. The number of hydrogen-bond acceptors (Lipinski definition) is 3. The minimum Gasteiger partial charge on any atom is -0.480 e. The highest BCUT2D eigenvalue weighted by atomic mass is 127. The molecule has 82 valence electrons. The summed E-state index contributed by atoms with van der Waals surface area (Å²) in [6, 6.07) is 0. The largest absolute Gasteiger partial charge is 0.480 e. The molecule has 1 aromatic rings. The number of carboxylic acid groups (broad SMARTS) is 1. The van der Waals surface area contributed by atoms with E-state index in [0.29, 0.717) is 0 Å². The third-order valence-corrected chi connectivity index (χ3v) is 2.71. The second kappa shape index (κ2) is 4.69. The fourth-order valence-electron chi connectivity index (χ4n) is 1.01. The highest BCUT2D eigenvalue weighted by Gasteiger charge is 2.24. The summed E-state index contributed by atoms with van der Waals surface area (Å²) in [7, 11) is 1.28. The van der Waals surface area contributed by atoms with Gasteiger partial charge in [0.05, 0.1) is 21.8 Å². The predicted octanol–water partition coefficient (Wildman–Crippen LogP) is 2.33. The van der Waals surface area contributed by atoms with E-state index < -0.39 is 23.5 Å². The van der Waals surface area contributed by atoms with Gasteiger partial charge in [0.25, 0.3) is 6.43 Å². The van der Waals surface area contributed by atoms with Crippen LogP contribution in [0.25, 0.3) is 0 Å². The van der Waals surface area contributed by atoms with Crippen LogP contribution in [0.5, 0.6) is 5.88 Å². The van der Waals surface area contributed by atoms with Gasteiger partial charge in [-0.15, -0.1) is 0 Å². The Labute approximate surface area is 97.4 Å². The van der Waals surface area contributed by atoms with E-state index in [1.54, 1.807) is 22.6 Å². The topological polar surface area (TPSA) is 59.4 Å². The number of alkyl halides is 2. The lowest BCUT2D eigenvalue weighted by Gasteiger charge is -2.10. The molecule has 1 aromatic heterocycles. The Bertz CT molecular complexity index is 398. The van der Waals surface area contributed by atoms with Crippen LogP contribution in [0.1, 0.15) is 22.3 Å². The molecule has 1 N–H and O–H groups in total. The summed E-state index contributed by atoms with van der Waals surface area (Å²) >= 11 is 1.58.